The molecule has 0 saturated carbocycles. The highest BCUT2D eigenvalue weighted by molar-refractivity contribution is 6.16. The van der Waals surface area contributed by atoms with E-state index in [1.807, 2.05) is 0 Å². The number of hydrogen-bond donors (Lipinski definition) is 1. The molecule has 1 N–H and O–H groups in total. The summed E-state index contributed by atoms with van der Waals surface area (Å²) in [5.74, 6) is 0. The van der Waals surface area contributed by atoms with Crippen molar-refractivity contribution in [3.8, 4) is 0 Å². The molecule has 1 aliphatic heterocycles. The van der Waals surface area contributed by atoms with Gasteiger partial charge in [-0.25, -0.2) is 5.12 Å². The van der Waals surface area contributed by atoms with Gasteiger partial charge in [-0.05, 0) is 0 Å². The summed E-state index contributed by atoms with van der Waals surface area (Å²) < 4.78 is 0. The van der Waals surface area contributed by atoms with Gasteiger partial charge >= 0.3 is 0 Å². The van der Waals surface area contributed by atoms with Gasteiger partial charge in [0.05, 0.1) is 0 Å². The first kappa shape index (κ1) is 3.49. The Hall–Kier alpha value is -0.700. The lowest BCUT2D eigenvalue weighted by Gasteiger charge is -1.94. The Kier molecular flexibility index (Phi) is 0.686. The fraction of sp³-hybridized carbons (Fsp3) is 0. The minimum atomic E-state index is 0.593. The van der Waals surface area contributed by atoms with Gasteiger partial charge in [-0.1, -0.05) is 17.3 Å². The quantitative estimate of drug-likeness (QED) is 0.351. The summed E-state index contributed by atoms with van der Waals surface area (Å²) in [7, 11) is 3.46. The van der Waals surface area contributed by atoms with E-state index in [0.29, 0.717) is 5.12 Å². The van der Waals surface area contributed by atoms with Crippen LogP contribution in [-0.2, 0) is 0 Å². The molecule has 0 aliphatic carbocycles. The third kappa shape index (κ3) is 0.440. The first-order valence-electron chi connectivity index (χ1n) is 1.65. The monoisotopic (exact) mass is 83.0 g/mol. The molecule has 1 heterocycles. The van der Waals surface area contributed by atoms with Crippen LogP contribution < -0.4 is 5.12 Å². The van der Waals surface area contributed by atoms with Gasteiger partial charge in [0.25, 0.3) is 0 Å². The zero-order valence-corrected chi connectivity index (χ0v) is 3.26. The van der Waals surface area contributed by atoms with E-state index in [0.717, 1.165) is 0 Å². The molecule has 0 saturated heterocycles. The summed E-state index contributed by atoms with van der Waals surface area (Å²) in [6.45, 7) is 0. The van der Waals surface area contributed by atoms with Crippen LogP contribution >= 0.6 is 0 Å². The van der Waals surface area contributed by atoms with Crippen molar-refractivity contribution < 1.29 is 5.12 Å². The molecule has 0 amide bonds. The molecule has 0 spiro atoms. The zero-order chi connectivity index (χ0) is 4.41. The van der Waals surface area contributed by atoms with Crippen LogP contribution in [-0.4, -0.2) is 12.4 Å². The molecule has 0 atom stereocenters. The maximum absolute atomic E-state index is 3.69. The summed E-state index contributed by atoms with van der Waals surface area (Å²) in [5.41, 5.74) is 0. The lowest BCUT2D eigenvalue weighted by molar-refractivity contribution is -0.864. The molecule has 0 aromatic carbocycles. The fourth-order valence-electron chi connectivity index (χ4n) is 0.272. The van der Waals surface area contributed by atoms with Gasteiger partial charge in [-0.15, -0.1) is 0 Å². The lowest BCUT2D eigenvalue weighted by atomic mass is 10.9. The Morgan fingerprint density at radius 2 is 1.83 bits per heavy atom. The third-order valence-corrected chi connectivity index (χ3v) is 0.514. The van der Waals surface area contributed by atoms with Crippen LogP contribution in [0.3, 0.4) is 0 Å². The van der Waals surface area contributed by atoms with Crippen LogP contribution in [0.1, 0.15) is 0 Å². The van der Waals surface area contributed by atoms with E-state index in [-0.39, 0.29) is 0 Å². The highest BCUT2D eigenvalue weighted by Gasteiger charge is 1.86. The predicted octanol–water partition coefficient (Wildman–Crippen LogP) is -1.35. The van der Waals surface area contributed by atoms with E-state index in [1.54, 1.807) is 12.4 Å². The average Bonchev–Trinajstić information content (AvgIpc) is 1.86. The van der Waals surface area contributed by atoms with Crippen LogP contribution in [0.5, 0.6) is 0 Å². The van der Waals surface area contributed by atoms with Gasteiger partial charge < -0.3 is 0 Å². The molecule has 0 radical (unpaired) electrons. The van der Waals surface area contributed by atoms with Gasteiger partial charge in [0.2, 0.25) is 0 Å². The highest BCUT2D eigenvalue weighted by atomic mass is 15.7. The van der Waals surface area contributed by atoms with Gasteiger partial charge in [0.15, 0.2) is 0 Å². The summed E-state index contributed by atoms with van der Waals surface area (Å²) in [4.78, 5) is 0. The van der Waals surface area contributed by atoms with E-state index < -0.39 is 0 Å². The standard InChI is InChI=1S/C3H5N3/c1-6-4-2-3-5-6/h2-3,6H,1H2. The van der Waals surface area contributed by atoms with Crippen molar-refractivity contribution in [2.45, 2.75) is 0 Å². The second kappa shape index (κ2) is 1.18. The third-order valence-electron chi connectivity index (χ3n) is 0.514. The Labute approximate surface area is 36.0 Å². The molecule has 0 bridgehead atoms. The van der Waals surface area contributed by atoms with Crippen LogP contribution in [0.4, 0.5) is 0 Å². The van der Waals surface area contributed by atoms with Crippen LogP contribution in [0.15, 0.2) is 10.2 Å². The largest absolute Gasteiger partial charge is 0.214 e. The van der Waals surface area contributed by atoms with Crippen LogP contribution in [0, 0.1) is 7.05 Å². The maximum Gasteiger partial charge on any atom is 0.106 e. The molecule has 0 unspecified atom stereocenters. The minimum Gasteiger partial charge on any atom is -0.214 e. The first-order chi connectivity index (χ1) is 2.89. The zero-order valence-electron chi connectivity index (χ0n) is 3.26. The molecule has 0 aromatic heterocycles. The van der Waals surface area contributed by atoms with Crippen molar-refractivity contribution >= 4 is 12.4 Å². The van der Waals surface area contributed by atoms with Crippen LogP contribution in [0.25, 0.3) is 0 Å². The number of nitrogens with zero attached hydrogens (tertiary/aromatic N) is 2. The van der Waals surface area contributed by atoms with Gasteiger partial charge in [-0.2, -0.15) is 0 Å². The number of rotatable bonds is 0. The van der Waals surface area contributed by atoms with E-state index >= 15 is 0 Å². The Morgan fingerprint density at radius 3 is 2.00 bits per heavy atom. The SMILES string of the molecule is [CH2-][NH+]1N=CC=N1. The molecule has 0 aromatic rings. The summed E-state index contributed by atoms with van der Waals surface area (Å²) >= 11 is 0. The smallest absolute Gasteiger partial charge is 0.106 e. The Bertz CT molecular complexity index is 82.2. The Balaban J connectivity index is 2.60. The van der Waals surface area contributed by atoms with Gasteiger partial charge in [-0.3, -0.25) is 0 Å². The minimum absolute atomic E-state index is 0.593. The molecule has 6 heavy (non-hydrogen) atoms. The predicted molar refractivity (Wildman–Crippen MR) is 23.3 cm³/mol. The first-order valence-corrected chi connectivity index (χ1v) is 1.65. The van der Waals surface area contributed by atoms with Crippen LogP contribution in [0.2, 0.25) is 0 Å². The lowest BCUT2D eigenvalue weighted by Crippen LogP contribution is -2.95. The molecule has 3 nitrogen and oxygen atoms in total. The molecular formula is C3H5N3. The molecule has 0 fully saturated rings. The molecule has 32 valence electrons. The average molecular weight is 83.1 g/mol. The fourth-order valence-corrected chi connectivity index (χ4v) is 0.272. The van der Waals surface area contributed by atoms with Crippen molar-refractivity contribution in [3.05, 3.63) is 7.05 Å². The molecular weight excluding hydrogens is 78.1 g/mol. The van der Waals surface area contributed by atoms with Crippen molar-refractivity contribution in [2.24, 2.45) is 10.2 Å². The van der Waals surface area contributed by atoms with Crippen molar-refractivity contribution in [1.82, 2.24) is 0 Å². The normalized spacial score (nSPS) is 20.2. The van der Waals surface area contributed by atoms with E-state index in [1.165, 1.54) is 0 Å². The molecule has 1 aliphatic rings. The number of hydrogen-bond acceptors (Lipinski definition) is 2. The summed E-state index contributed by atoms with van der Waals surface area (Å²) in [6.07, 6.45) is 3.23. The van der Waals surface area contributed by atoms with Gasteiger partial charge in [0, 0.05) is 0 Å². The van der Waals surface area contributed by atoms with Crippen molar-refractivity contribution in [3.63, 3.8) is 0 Å². The number of quaternary nitrogens is 1. The molecule has 1 rings (SSSR count). The Morgan fingerprint density at radius 1 is 1.33 bits per heavy atom. The summed E-state index contributed by atoms with van der Waals surface area (Å²) in [6, 6.07) is 0. The van der Waals surface area contributed by atoms with E-state index in [4.69, 9.17) is 0 Å². The van der Waals surface area contributed by atoms with Crippen molar-refractivity contribution in [2.75, 3.05) is 0 Å². The maximum atomic E-state index is 3.69. The second-order valence-corrected chi connectivity index (χ2v) is 0.973. The van der Waals surface area contributed by atoms with E-state index in [2.05, 4.69) is 17.3 Å². The van der Waals surface area contributed by atoms with Crippen molar-refractivity contribution in [1.29, 1.82) is 0 Å². The van der Waals surface area contributed by atoms with Gasteiger partial charge in [0.1, 0.15) is 12.4 Å². The molecule has 3 heteroatoms. The number of nitrogens with one attached hydrogen (secondary N) is 1. The highest BCUT2D eigenvalue weighted by Crippen LogP contribution is 1.53. The topological polar surface area (TPSA) is 29.2 Å². The summed E-state index contributed by atoms with van der Waals surface area (Å²) in [5, 5.41) is 7.98. The second-order valence-electron chi connectivity index (χ2n) is 0.973. The van der Waals surface area contributed by atoms with E-state index in [9.17, 15) is 0 Å².